The first kappa shape index (κ1) is 29.8. The summed E-state index contributed by atoms with van der Waals surface area (Å²) in [5, 5.41) is 28.3. The second kappa shape index (κ2) is 12.9. The number of nitrogens with zero attached hydrogens (tertiary/aromatic N) is 5. The molecule has 0 spiro atoms. The maximum Gasteiger partial charge on any atom is 0.490 e. The Bertz CT molecular complexity index is 1540. The smallest absolute Gasteiger partial charge is 0.475 e. The highest BCUT2D eigenvalue weighted by Crippen LogP contribution is 2.22. The summed E-state index contributed by atoms with van der Waals surface area (Å²) in [4.78, 5) is 19.9. The summed E-state index contributed by atoms with van der Waals surface area (Å²) in [7, 11) is -3.70. The second-order valence-electron chi connectivity index (χ2n) is 8.38. The Balaban J connectivity index is 0.000000559. The number of sulfonamides is 1. The molecule has 40 heavy (non-hydrogen) atoms. The summed E-state index contributed by atoms with van der Waals surface area (Å²) in [6.45, 7) is 1.26. The molecule has 0 atom stereocenters. The van der Waals surface area contributed by atoms with Gasteiger partial charge in [-0.3, -0.25) is 0 Å². The van der Waals surface area contributed by atoms with Gasteiger partial charge in [-0.2, -0.15) is 28.7 Å². The lowest BCUT2D eigenvalue weighted by atomic mass is 10.1. The molecule has 11 nitrogen and oxygen atoms in total. The predicted octanol–water partition coefficient (Wildman–Crippen LogP) is 3.54. The van der Waals surface area contributed by atoms with Crippen molar-refractivity contribution in [2.75, 3.05) is 23.3 Å². The molecule has 0 bridgehead atoms. The van der Waals surface area contributed by atoms with Crippen molar-refractivity contribution in [2.24, 2.45) is 0 Å². The molecule has 2 heterocycles. The average Bonchev–Trinajstić information content (AvgIpc) is 2.93. The zero-order chi connectivity index (χ0) is 29.3. The van der Waals surface area contributed by atoms with Crippen molar-refractivity contribution in [2.45, 2.75) is 30.0 Å². The number of alkyl halides is 3. The van der Waals surface area contributed by atoms with Gasteiger partial charge >= 0.3 is 12.1 Å². The lowest BCUT2D eigenvalue weighted by Gasteiger charge is -2.33. The van der Waals surface area contributed by atoms with Crippen LogP contribution in [0.5, 0.6) is 0 Å². The van der Waals surface area contributed by atoms with E-state index in [0.717, 1.165) is 11.5 Å². The number of hydrogen-bond acceptors (Lipinski definition) is 9. The highest BCUT2D eigenvalue weighted by atomic mass is 32.2. The van der Waals surface area contributed by atoms with Crippen LogP contribution in [0.3, 0.4) is 0 Å². The van der Waals surface area contributed by atoms with E-state index in [-0.39, 0.29) is 10.9 Å². The largest absolute Gasteiger partial charge is 0.490 e. The molecule has 2 aromatic carbocycles. The van der Waals surface area contributed by atoms with Crippen LogP contribution < -0.4 is 14.9 Å². The monoisotopic (exact) mass is 573 g/mol. The Labute approximate surface area is 227 Å². The number of halogens is 3. The predicted molar refractivity (Wildman–Crippen MR) is 137 cm³/mol. The van der Waals surface area contributed by atoms with Gasteiger partial charge < -0.3 is 15.3 Å². The van der Waals surface area contributed by atoms with Crippen molar-refractivity contribution in [1.82, 2.24) is 14.7 Å². The molecule has 1 aliphatic heterocycles. The Kier molecular flexibility index (Phi) is 9.60. The molecule has 1 aliphatic rings. The molecule has 0 unspecified atom stereocenters. The highest BCUT2D eigenvalue weighted by molar-refractivity contribution is 7.89. The van der Waals surface area contributed by atoms with Gasteiger partial charge in [0, 0.05) is 31.0 Å². The molecule has 0 amide bonds. The molecule has 3 aromatic rings. The van der Waals surface area contributed by atoms with Gasteiger partial charge in [-0.05, 0) is 55.3 Å². The van der Waals surface area contributed by atoms with E-state index in [1.165, 1.54) is 12.1 Å². The van der Waals surface area contributed by atoms with Crippen LogP contribution in [0.4, 0.5) is 30.6 Å². The molecule has 1 fully saturated rings. The fourth-order valence-corrected chi connectivity index (χ4v) is 4.98. The van der Waals surface area contributed by atoms with E-state index < -0.39 is 22.2 Å². The number of carboxylic acids is 1. The van der Waals surface area contributed by atoms with Gasteiger partial charge in [-0.15, -0.1) is 0 Å². The van der Waals surface area contributed by atoms with Crippen molar-refractivity contribution in [3.05, 3.63) is 71.9 Å². The molecule has 1 saturated heterocycles. The van der Waals surface area contributed by atoms with Crippen molar-refractivity contribution < 1.29 is 31.5 Å². The maximum absolute atomic E-state index is 12.7. The number of carboxylic acid groups (broad SMARTS) is 1. The number of nitrogens with one attached hydrogen (secondary N) is 2. The number of anilines is 3. The van der Waals surface area contributed by atoms with Gasteiger partial charge in [-0.1, -0.05) is 12.1 Å². The Morgan fingerprint density at radius 3 is 2.23 bits per heavy atom. The summed E-state index contributed by atoms with van der Waals surface area (Å²) < 4.78 is 59.9. The molecule has 0 saturated carbocycles. The summed E-state index contributed by atoms with van der Waals surface area (Å²) >= 11 is 0. The first-order chi connectivity index (χ1) is 18.9. The Morgan fingerprint density at radius 1 is 1.02 bits per heavy atom. The van der Waals surface area contributed by atoms with Gasteiger partial charge in [0.05, 0.1) is 28.2 Å². The third-order valence-electron chi connectivity index (χ3n) is 5.55. The number of carbonyl (C=O) groups is 1. The van der Waals surface area contributed by atoms with E-state index in [1.807, 2.05) is 18.2 Å². The summed E-state index contributed by atoms with van der Waals surface area (Å²) in [5.41, 5.74) is 1.57. The third-order valence-corrected chi connectivity index (χ3v) is 7.06. The van der Waals surface area contributed by atoms with Crippen LogP contribution in [0.2, 0.25) is 0 Å². The van der Waals surface area contributed by atoms with Crippen LogP contribution >= 0.6 is 0 Å². The van der Waals surface area contributed by atoms with E-state index in [9.17, 15) is 21.6 Å². The van der Waals surface area contributed by atoms with Crippen LogP contribution in [0.1, 0.15) is 24.0 Å². The number of rotatable bonds is 6. The zero-order valence-electron chi connectivity index (χ0n) is 20.6. The summed E-state index contributed by atoms with van der Waals surface area (Å²) in [5.74, 6) is -1.60. The summed E-state index contributed by atoms with van der Waals surface area (Å²) in [6, 6.07) is 18.7. The molecular weight excluding hydrogens is 551 g/mol. The maximum atomic E-state index is 12.7. The molecule has 4 rings (SSSR count). The number of benzene rings is 2. The van der Waals surface area contributed by atoms with Gasteiger partial charge in [0.25, 0.3) is 0 Å². The van der Waals surface area contributed by atoms with E-state index in [1.54, 1.807) is 36.5 Å². The molecule has 15 heteroatoms. The van der Waals surface area contributed by atoms with Crippen molar-refractivity contribution >= 4 is 33.4 Å². The van der Waals surface area contributed by atoms with Crippen molar-refractivity contribution in [3.63, 3.8) is 0 Å². The standard InChI is InChI=1S/C23H21N7O2S.C2HF3O2/c24-15-17-3-1-5-20(13-17)27-23-26-10-7-22(28-23)30-11-8-19(9-12-30)29-33(31,32)21-6-2-4-18(14-21)16-25;3-2(4,5)1(6)7/h1-7,10,13-14,19,29H,8-9,11-12H2,(H,26,27,28);(H,6,7). The van der Waals surface area contributed by atoms with Crippen molar-refractivity contribution in [3.8, 4) is 12.1 Å². The van der Waals surface area contributed by atoms with Crippen LogP contribution in [-0.2, 0) is 14.8 Å². The molecule has 1 aromatic heterocycles. The average molecular weight is 574 g/mol. The minimum Gasteiger partial charge on any atom is -0.475 e. The number of piperidine rings is 1. The quantitative estimate of drug-likeness (QED) is 0.396. The first-order valence-corrected chi connectivity index (χ1v) is 13.1. The number of aromatic nitrogens is 2. The molecule has 208 valence electrons. The van der Waals surface area contributed by atoms with Crippen molar-refractivity contribution in [1.29, 1.82) is 10.5 Å². The molecule has 0 aliphatic carbocycles. The normalized spacial score (nSPS) is 13.8. The van der Waals surface area contributed by atoms with Crippen LogP contribution in [0.15, 0.2) is 65.7 Å². The highest BCUT2D eigenvalue weighted by Gasteiger charge is 2.38. The first-order valence-electron chi connectivity index (χ1n) is 11.6. The van der Waals surface area contributed by atoms with Crippen LogP contribution in [0.25, 0.3) is 0 Å². The Morgan fingerprint density at radius 2 is 1.62 bits per heavy atom. The third kappa shape index (κ3) is 8.39. The zero-order valence-corrected chi connectivity index (χ0v) is 21.4. The van der Waals surface area contributed by atoms with Crippen LogP contribution in [0, 0.1) is 22.7 Å². The fourth-order valence-electron chi connectivity index (χ4n) is 3.63. The van der Waals surface area contributed by atoms with Gasteiger partial charge in [0.15, 0.2) is 0 Å². The Hall–Kier alpha value is -4.73. The minimum atomic E-state index is -5.08. The molecule has 3 N–H and O–H groups in total. The summed E-state index contributed by atoms with van der Waals surface area (Å²) in [6.07, 6.45) is -2.18. The second-order valence-corrected chi connectivity index (χ2v) is 10.1. The molecular formula is C25H22F3N7O4S. The van der Waals surface area contributed by atoms with E-state index in [2.05, 4.69) is 31.0 Å². The minimum absolute atomic E-state index is 0.0935. The van der Waals surface area contributed by atoms with Crippen LogP contribution in [-0.4, -0.2) is 54.8 Å². The topological polar surface area (TPSA) is 172 Å². The lowest BCUT2D eigenvalue weighted by Crippen LogP contribution is -2.44. The number of nitriles is 2. The molecule has 0 radical (unpaired) electrons. The van der Waals surface area contributed by atoms with Gasteiger partial charge in [0.2, 0.25) is 16.0 Å². The SMILES string of the molecule is N#Cc1cccc(Nc2nccc(N3CCC(NS(=O)(=O)c4cccc(C#N)c4)CC3)n2)c1.O=C(O)C(F)(F)F. The van der Waals surface area contributed by atoms with Gasteiger partial charge in [0.1, 0.15) is 5.82 Å². The lowest BCUT2D eigenvalue weighted by molar-refractivity contribution is -0.192. The fraction of sp³-hybridized carbons (Fsp3) is 0.240. The number of hydrogen-bond donors (Lipinski definition) is 3. The van der Waals surface area contributed by atoms with E-state index >= 15 is 0 Å². The van der Waals surface area contributed by atoms with E-state index in [4.69, 9.17) is 20.4 Å². The van der Waals surface area contributed by atoms with Gasteiger partial charge in [-0.25, -0.2) is 22.9 Å². The van der Waals surface area contributed by atoms with E-state index in [0.29, 0.717) is 43.0 Å². The number of aliphatic carboxylic acids is 1.